The van der Waals surface area contributed by atoms with Crippen molar-refractivity contribution in [1.82, 2.24) is 24.7 Å². The Hall–Kier alpha value is -3.05. The molecule has 0 aromatic carbocycles. The van der Waals surface area contributed by atoms with Crippen LogP contribution in [0.5, 0.6) is 0 Å². The van der Waals surface area contributed by atoms with E-state index in [4.69, 9.17) is 0 Å². The van der Waals surface area contributed by atoms with Crippen LogP contribution in [-0.2, 0) is 7.05 Å². The van der Waals surface area contributed by atoms with Gasteiger partial charge in [-0.3, -0.25) is 14.5 Å². The second-order valence-electron chi connectivity index (χ2n) is 5.34. The van der Waals surface area contributed by atoms with Crippen molar-refractivity contribution in [2.45, 2.75) is 0 Å². The zero-order chi connectivity index (χ0) is 19.0. The van der Waals surface area contributed by atoms with Crippen LogP contribution in [0.25, 0.3) is 21.4 Å². The van der Waals surface area contributed by atoms with Gasteiger partial charge in [-0.1, -0.05) is 11.3 Å². The van der Waals surface area contributed by atoms with Gasteiger partial charge in [0.2, 0.25) is 0 Å². The first-order chi connectivity index (χ1) is 13.0. The fourth-order valence-corrected chi connectivity index (χ4v) is 3.83. The molecule has 0 aliphatic heterocycles. The van der Waals surface area contributed by atoms with Gasteiger partial charge < -0.3 is 5.32 Å². The number of carbonyl (C=O) groups excluding carboxylic acids is 1. The van der Waals surface area contributed by atoms with Crippen molar-refractivity contribution in [1.29, 1.82) is 0 Å². The number of nitrogens with zero attached hydrogens (tertiary/aromatic N) is 5. The monoisotopic (exact) mass is 404 g/mol. The van der Waals surface area contributed by atoms with E-state index in [-0.39, 0.29) is 0 Å². The van der Waals surface area contributed by atoms with Crippen molar-refractivity contribution < 1.29 is 13.6 Å². The van der Waals surface area contributed by atoms with Gasteiger partial charge in [-0.2, -0.15) is 5.10 Å². The maximum atomic E-state index is 13.7. The van der Waals surface area contributed by atoms with E-state index < -0.39 is 23.1 Å². The molecule has 0 aliphatic rings. The van der Waals surface area contributed by atoms with Crippen LogP contribution in [0, 0.1) is 11.6 Å². The molecule has 4 rings (SSSR count). The fraction of sp³-hybridized carbons (Fsp3) is 0.0625. The quantitative estimate of drug-likeness (QED) is 0.562. The molecular weight excluding hydrogens is 394 g/mol. The molecule has 1 amide bonds. The second-order valence-corrected chi connectivity index (χ2v) is 7.26. The second kappa shape index (κ2) is 6.93. The molecule has 11 heteroatoms. The Morgan fingerprint density at radius 1 is 1.15 bits per heavy atom. The van der Waals surface area contributed by atoms with E-state index in [0.717, 1.165) is 34.4 Å². The van der Waals surface area contributed by atoms with Crippen LogP contribution in [0.3, 0.4) is 0 Å². The zero-order valence-corrected chi connectivity index (χ0v) is 15.3. The number of aryl methyl sites for hydroxylation is 1. The summed E-state index contributed by atoms with van der Waals surface area (Å²) in [6.07, 6.45) is 4.69. The van der Waals surface area contributed by atoms with E-state index in [1.54, 1.807) is 17.9 Å². The zero-order valence-electron chi connectivity index (χ0n) is 13.7. The van der Waals surface area contributed by atoms with E-state index >= 15 is 0 Å². The Balaban J connectivity index is 1.58. The fourth-order valence-electron chi connectivity index (χ4n) is 2.37. The van der Waals surface area contributed by atoms with Gasteiger partial charge in [0.1, 0.15) is 26.3 Å². The van der Waals surface area contributed by atoms with E-state index in [9.17, 15) is 13.6 Å². The standard InChI is InChI=1S/C16H10F2N6OS2/c1-24-11(4-10(23-24)15-20-2-3-26-15)16-21-7-12(27-16)22-14(25)13-8(17)5-19-6-9(13)18/h2-7H,1H3,(H,22,25). The third-order valence-corrected chi connectivity index (χ3v) is 5.30. The molecule has 0 atom stereocenters. The van der Waals surface area contributed by atoms with Gasteiger partial charge in [0.25, 0.3) is 5.91 Å². The molecule has 136 valence electrons. The van der Waals surface area contributed by atoms with Crippen molar-refractivity contribution in [3.63, 3.8) is 0 Å². The van der Waals surface area contributed by atoms with E-state index in [1.807, 2.05) is 11.4 Å². The van der Waals surface area contributed by atoms with Crippen molar-refractivity contribution in [2.75, 3.05) is 5.32 Å². The highest BCUT2D eigenvalue weighted by Gasteiger charge is 2.20. The topological polar surface area (TPSA) is 85.6 Å². The number of amides is 1. The molecule has 7 nitrogen and oxygen atoms in total. The highest BCUT2D eigenvalue weighted by molar-refractivity contribution is 7.19. The Kier molecular flexibility index (Phi) is 4.46. The molecular formula is C16H10F2N6OS2. The van der Waals surface area contributed by atoms with Crippen LogP contribution >= 0.6 is 22.7 Å². The smallest absolute Gasteiger partial charge is 0.262 e. The molecule has 0 spiro atoms. The largest absolute Gasteiger partial charge is 0.312 e. The minimum atomic E-state index is -1.03. The van der Waals surface area contributed by atoms with Crippen molar-refractivity contribution in [3.8, 4) is 21.4 Å². The molecule has 0 fully saturated rings. The van der Waals surface area contributed by atoms with E-state index in [0.29, 0.717) is 15.7 Å². The third kappa shape index (κ3) is 3.34. The number of hydrogen-bond donors (Lipinski definition) is 1. The van der Waals surface area contributed by atoms with Gasteiger partial charge in [-0.15, -0.1) is 11.3 Å². The van der Waals surface area contributed by atoms with Gasteiger partial charge in [0, 0.05) is 18.6 Å². The lowest BCUT2D eigenvalue weighted by Crippen LogP contribution is -2.15. The summed E-state index contributed by atoms with van der Waals surface area (Å²) in [6, 6.07) is 1.84. The van der Waals surface area contributed by atoms with Crippen LogP contribution in [0.2, 0.25) is 0 Å². The highest BCUT2D eigenvalue weighted by Crippen LogP contribution is 2.31. The highest BCUT2D eigenvalue weighted by atomic mass is 32.1. The van der Waals surface area contributed by atoms with Crippen molar-refractivity contribution in [2.24, 2.45) is 7.05 Å². The molecule has 0 saturated heterocycles. The summed E-state index contributed by atoms with van der Waals surface area (Å²) in [6.45, 7) is 0. The molecule has 4 aromatic heterocycles. The number of pyridine rings is 1. The SMILES string of the molecule is Cn1nc(-c2nccs2)cc1-c1ncc(NC(=O)c2c(F)cncc2F)s1. The maximum absolute atomic E-state index is 13.7. The summed E-state index contributed by atoms with van der Waals surface area (Å²) in [5.41, 5.74) is 0.753. The van der Waals surface area contributed by atoms with Crippen molar-refractivity contribution in [3.05, 3.63) is 53.4 Å². The third-order valence-electron chi connectivity index (χ3n) is 3.57. The van der Waals surface area contributed by atoms with Gasteiger partial charge in [-0.05, 0) is 6.07 Å². The number of halogens is 2. The molecule has 4 aromatic rings. The van der Waals surface area contributed by atoms with Crippen LogP contribution in [0.15, 0.2) is 36.2 Å². The van der Waals surface area contributed by atoms with Gasteiger partial charge >= 0.3 is 0 Å². The molecule has 1 N–H and O–H groups in total. The first-order valence-corrected chi connectivity index (χ1v) is 9.23. The number of carbonyl (C=O) groups is 1. The first-order valence-electron chi connectivity index (χ1n) is 7.53. The molecule has 4 heterocycles. The summed E-state index contributed by atoms with van der Waals surface area (Å²) in [5.74, 6) is -2.97. The minimum Gasteiger partial charge on any atom is -0.312 e. The van der Waals surface area contributed by atoms with Crippen molar-refractivity contribution >= 4 is 33.6 Å². The lowest BCUT2D eigenvalue weighted by Gasteiger charge is -2.03. The lowest BCUT2D eigenvalue weighted by atomic mass is 10.2. The lowest BCUT2D eigenvalue weighted by molar-refractivity contribution is 0.101. The molecule has 0 radical (unpaired) electrons. The molecule has 0 saturated carbocycles. The number of rotatable bonds is 4. The number of nitrogens with one attached hydrogen (secondary N) is 1. The molecule has 27 heavy (non-hydrogen) atoms. The average molecular weight is 404 g/mol. The Morgan fingerprint density at radius 3 is 2.63 bits per heavy atom. The van der Waals surface area contributed by atoms with Crippen LogP contribution in [0.4, 0.5) is 13.8 Å². The molecule has 0 unspecified atom stereocenters. The number of thiazole rings is 2. The van der Waals surface area contributed by atoms with Gasteiger partial charge in [0.15, 0.2) is 11.6 Å². The maximum Gasteiger partial charge on any atom is 0.262 e. The Morgan fingerprint density at radius 2 is 1.93 bits per heavy atom. The summed E-state index contributed by atoms with van der Waals surface area (Å²) in [5, 5.41) is 10.4. The first kappa shape index (κ1) is 17.4. The number of hydrogen-bond acceptors (Lipinski definition) is 7. The van der Waals surface area contributed by atoms with Gasteiger partial charge in [0.05, 0.1) is 24.3 Å². The van der Waals surface area contributed by atoms with Crippen LogP contribution in [0.1, 0.15) is 10.4 Å². The summed E-state index contributed by atoms with van der Waals surface area (Å²) in [4.78, 5) is 24.0. The number of aromatic nitrogens is 5. The summed E-state index contributed by atoms with van der Waals surface area (Å²) >= 11 is 2.63. The predicted octanol–water partition coefficient (Wildman–Crippen LogP) is 3.59. The van der Waals surface area contributed by atoms with Crippen LogP contribution < -0.4 is 5.32 Å². The summed E-state index contributed by atoms with van der Waals surface area (Å²) in [7, 11) is 1.77. The van der Waals surface area contributed by atoms with E-state index in [1.165, 1.54) is 17.5 Å². The molecule has 0 aliphatic carbocycles. The van der Waals surface area contributed by atoms with Crippen LogP contribution in [-0.4, -0.2) is 30.6 Å². The van der Waals surface area contributed by atoms with Gasteiger partial charge in [-0.25, -0.2) is 18.7 Å². The summed E-state index contributed by atoms with van der Waals surface area (Å²) < 4.78 is 29.0. The Labute approximate surface area is 159 Å². The number of anilines is 1. The Bertz CT molecular complexity index is 1100. The predicted molar refractivity (Wildman–Crippen MR) is 97.5 cm³/mol. The normalized spacial score (nSPS) is 10.9. The molecule has 0 bridgehead atoms. The average Bonchev–Trinajstić information content (AvgIpc) is 3.35. The minimum absolute atomic E-state index is 0.350. The van der Waals surface area contributed by atoms with E-state index in [2.05, 4.69) is 25.4 Å².